The zero-order valence-corrected chi connectivity index (χ0v) is 21.7. The number of halogens is 1. The number of aliphatic hydroxyl groups is 1. The lowest BCUT2D eigenvalue weighted by Gasteiger charge is -2.35. The van der Waals surface area contributed by atoms with Gasteiger partial charge in [-0.2, -0.15) is 0 Å². The van der Waals surface area contributed by atoms with Crippen LogP contribution in [0.15, 0.2) is 29.3 Å². The second-order valence-electron chi connectivity index (χ2n) is 8.12. The van der Waals surface area contributed by atoms with Crippen LogP contribution in [0.1, 0.15) is 32.3 Å². The molecule has 0 bridgehead atoms. The van der Waals surface area contributed by atoms with Crippen molar-refractivity contribution in [2.75, 3.05) is 63.9 Å². The van der Waals surface area contributed by atoms with Gasteiger partial charge in [0.05, 0.1) is 13.2 Å². The van der Waals surface area contributed by atoms with Crippen LogP contribution in [-0.4, -0.2) is 86.0 Å². The number of piperidine rings is 1. The minimum Gasteiger partial charge on any atom is -0.450 e. The van der Waals surface area contributed by atoms with Crippen molar-refractivity contribution >= 4 is 41.7 Å². The molecule has 1 aromatic carbocycles. The number of piperazine rings is 1. The van der Waals surface area contributed by atoms with E-state index in [1.54, 1.807) is 4.90 Å². The van der Waals surface area contributed by atoms with Gasteiger partial charge in [-0.15, -0.1) is 24.0 Å². The van der Waals surface area contributed by atoms with E-state index in [0.717, 1.165) is 51.5 Å². The summed E-state index contributed by atoms with van der Waals surface area (Å²) < 4.78 is 5.10. The van der Waals surface area contributed by atoms with Crippen LogP contribution < -0.4 is 10.2 Å². The first-order chi connectivity index (χ1) is 15.1. The molecule has 1 aromatic rings. The van der Waals surface area contributed by atoms with Gasteiger partial charge in [0.25, 0.3) is 0 Å². The van der Waals surface area contributed by atoms with Crippen molar-refractivity contribution < 1.29 is 14.6 Å². The normalized spacial score (nSPS) is 17.7. The van der Waals surface area contributed by atoms with E-state index in [1.165, 1.54) is 11.3 Å². The Morgan fingerprint density at radius 3 is 2.25 bits per heavy atom. The van der Waals surface area contributed by atoms with Crippen LogP contribution in [0.25, 0.3) is 0 Å². The van der Waals surface area contributed by atoms with Gasteiger partial charge in [-0.05, 0) is 50.3 Å². The molecule has 0 saturated carbocycles. The van der Waals surface area contributed by atoms with Crippen LogP contribution in [0.4, 0.5) is 10.5 Å². The molecule has 0 radical (unpaired) electrons. The number of nitrogens with zero attached hydrogens (tertiary/aromatic N) is 4. The van der Waals surface area contributed by atoms with Crippen LogP contribution in [0, 0.1) is 5.92 Å². The number of nitrogens with one attached hydrogen (secondary N) is 1. The van der Waals surface area contributed by atoms with Crippen molar-refractivity contribution in [1.82, 2.24) is 15.1 Å². The van der Waals surface area contributed by atoms with Crippen molar-refractivity contribution in [3.63, 3.8) is 0 Å². The number of amides is 1. The number of ether oxygens (including phenoxy) is 1. The highest BCUT2D eigenvalue weighted by molar-refractivity contribution is 14.0. The zero-order valence-electron chi connectivity index (χ0n) is 19.3. The van der Waals surface area contributed by atoms with Crippen LogP contribution in [0.3, 0.4) is 0 Å². The molecule has 0 spiro atoms. The lowest BCUT2D eigenvalue weighted by atomic mass is 9.97. The number of anilines is 1. The Kier molecular flexibility index (Phi) is 11.4. The van der Waals surface area contributed by atoms with E-state index >= 15 is 0 Å². The summed E-state index contributed by atoms with van der Waals surface area (Å²) >= 11 is 0. The van der Waals surface area contributed by atoms with Gasteiger partial charge < -0.3 is 29.9 Å². The fourth-order valence-corrected chi connectivity index (χ4v) is 4.09. The lowest BCUT2D eigenvalue weighted by Crippen LogP contribution is -2.53. The molecule has 0 unspecified atom stereocenters. The molecule has 2 aliphatic rings. The maximum Gasteiger partial charge on any atom is 0.409 e. The van der Waals surface area contributed by atoms with Crippen LogP contribution >= 0.6 is 24.0 Å². The molecular weight excluding hydrogens is 521 g/mol. The number of guanidine groups is 1. The van der Waals surface area contributed by atoms with Crippen molar-refractivity contribution in [1.29, 1.82) is 0 Å². The predicted octanol–water partition coefficient (Wildman–Crippen LogP) is 2.75. The highest BCUT2D eigenvalue weighted by Gasteiger charge is 2.23. The van der Waals surface area contributed by atoms with Crippen LogP contribution in [0.2, 0.25) is 0 Å². The van der Waals surface area contributed by atoms with Gasteiger partial charge in [0.15, 0.2) is 5.96 Å². The minimum absolute atomic E-state index is 0. The molecule has 0 atom stereocenters. The Labute approximate surface area is 209 Å². The van der Waals surface area contributed by atoms with E-state index in [-0.39, 0.29) is 30.1 Å². The number of rotatable bonds is 6. The van der Waals surface area contributed by atoms with Crippen LogP contribution in [-0.2, 0) is 11.3 Å². The monoisotopic (exact) mass is 559 g/mol. The summed E-state index contributed by atoms with van der Waals surface area (Å²) in [5.41, 5.74) is 2.42. The van der Waals surface area contributed by atoms with Gasteiger partial charge >= 0.3 is 6.09 Å². The molecule has 2 N–H and O–H groups in total. The van der Waals surface area contributed by atoms with E-state index in [1.807, 2.05) is 6.92 Å². The number of hydrogen-bond donors (Lipinski definition) is 2. The van der Waals surface area contributed by atoms with Gasteiger partial charge in [0.2, 0.25) is 0 Å². The van der Waals surface area contributed by atoms with Crippen molar-refractivity contribution in [2.24, 2.45) is 10.9 Å². The smallest absolute Gasteiger partial charge is 0.409 e. The minimum atomic E-state index is -0.232. The molecule has 2 heterocycles. The van der Waals surface area contributed by atoms with E-state index < -0.39 is 0 Å². The number of aliphatic imine (C=N–C) groups is 1. The summed E-state index contributed by atoms with van der Waals surface area (Å²) in [6, 6.07) is 8.66. The van der Waals surface area contributed by atoms with Crippen LogP contribution in [0.5, 0.6) is 0 Å². The molecule has 3 rings (SSSR count). The van der Waals surface area contributed by atoms with Gasteiger partial charge in [-0.25, -0.2) is 9.79 Å². The molecular formula is C23H38IN5O3. The van der Waals surface area contributed by atoms with E-state index in [0.29, 0.717) is 38.8 Å². The van der Waals surface area contributed by atoms with Gasteiger partial charge in [0.1, 0.15) is 0 Å². The molecule has 2 saturated heterocycles. The molecule has 180 valence electrons. The maximum absolute atomic E-state index is 11.9. The number of carbonyl (C=O) groups excluding carboxylic acids is 1. The predicted molar refractivity (Wildman–Crippen MR) is 139 cm³/mol. The molecule has 32 heavy (non-hydrogen) atoms. The molecule has 2 aliphatic heterocycles. The van der Waals surface area contributed by atoms with E-state index in [4.69, 9.17) is 9.73 Å². The molecule has 9 heteroatoms. The fourth-order valence-electron chi connectivity index (χ4n) is 4.09. The summed E-state index contributed by atoms with van der Waals surface area (Å²) in [5, 5.41) is 12.7. The summed E-state index contributed by atoms with van der Waals surface area (Å²) in [7, 11) is 0. The maximum atomic E-state index is 11.9. The second-order valence-corrected chi connectivity index (χ2v) is 8.12. The Morgan fingerprint density at radius 2 is 1.69 bits per heavy atom. The third-order valence-corrected chi connectivity index (χ3v) is 6.03. The van der Waals surface area contributed by atoms with Crippen molar-refractivity contribution in [3.8, 4) is 0 Å². The summed E-state index contributed by atoms with van der Waals surface area (Å²) in [6.07, 6.45) is 1.88. The Bertz CT molecular complexity index is 715. The first-order valence-corrected chi connectivity index (χ1v) is 11.5. The van der Waals surface area contributed by atoms with Gasteiger partial charge in [0, 0.05) is 58.1 Å². The molecule has 8 nitrogen and oxygen atoms in total. The third kappa shape index (κ3) is 7.40. The quantitative estimate of drug-likeness (QED) is 0.317. The third-order valence-electron chi connectivity index (χ3n) is 6.03. The molecule has 0 aromatic heterocycles. The van der Waals surface area contributed by atoms with Gasteiger partial charge in [-0.1, -0.05) is 12.1 Å². The van der Waals surface area contributed by atoms with E-state index in [2.05, 4.69) is 46.3 Å². The summed E-state index contributed by atoms with van der Waals surface area (Å²) in [4.78, 5) is 23.1. The van der Waals surface area contributed by atoms with Crippen molar-refractivity contribution in [2.45, 2.75) is 33.2 Å². The molecule has 1 amide bonds. The Balaban J connectivity index is 0.00000363. The molecule has 2 fully saturated rings. The number of carbonyl (C=O) groups is 1. The molecule has 0 aliphatic carbocycles. The average Bonchev–Trinajstić information content (AvgIpc) is 2.82. The fraction of sp³-hybridized carbons (Fsp3) is 0.652. The van der Waals surface area contributed by atoms with Gasteiger partial charge in [-0.3, -0.25) is 0 Å². The topological polar surface area (TPSA) is 80.6 Å². The number of aliphatic hydroxyl groups excluding tert-OH is 1. The summed E-state index contributed by atoms with van der Waals surface area (Å²) in [5.74, 6) is 1.34. The Hall–Kier alpha value is -1.75. The standard InChI is InChI=1S/C23H37N5O3.HI/c1-3-24-22(27-13-15-28(16-14-27)23(30)31-4-2)25-17-19-5-7-21(8-6-19)26-11-9-20(18-29)10-12-26;/h5-8,20,29H,3-4,9-18H2,1-2H3,(H,24,25);1H. The largest absolute Gasteiger partial charge is 0.450 e. The first-order valence-electron chi connectivity index (χ1n) is 11.5. The average molecular weight is 559 g/mol. The zero-order chi connectivity index (χ0) is 22.1. The summed E-state index contributed by atoms with van der Waals surface area (Å²) in [6.45, 7) is 10.8. The second kappa shape index (κ2) is 13.7. The Morgan fingerprint density at radius 1 is 1.06 bits per heavy atom. The highest BCUT2D eigenvalue weighted by Crippen LogP contribution is 2.23. The number of benzene rings is 1. The van der Waals surface area contributed by atoms with E-state index in [9.17, 15) is 9.90 Å². The number of hydrogen-bond acceptors (Lipinski definition) is 5. The highest BCUT2D eigenvalue weighted by atomic mass is 127. The first kappa shape index (κ1) is 26.5. The SMILES string of the molecule is CCNC(=NCc1ccc(N2CCC(CO)CC2)cc1)N1CCN(C(=O)OCC)CC1.I. The van der Waals surface area contributed by atoms with Crippen molar-refractivity contribution in [3.05, 3.63) is 29.8 Å². The lowest BCUT2D eigenvalue weighted by molar-refractivity contribution is 0.0914.